The molecule has 0 fully saturated rings. The molecule has 0 amide bonds. The van der Waals surface area contributed by atoms with Crippen LogP contribution >= 0.6 is 15.9 Å². The van der Waals surface area contributed by atoms with E-state index in [0.29, 0.717) is 23.7 Å². The fourth-order valence-electron chi connectivity index (χ4n) is 2.18. The second-order valence-electron chi connectivity index (χ2n) is 4.95. The highest BCUT2D eigenvalue weighted by molar-refractivity contribution is 9.10. The fourth-order valence-corrected chi connectivity index (χ4v) is 2.56. The number of nitrogens with one attached hydrogen (secondary N) is 1. The maximum absolute atomic E-state index is 9.39. The van der Waals surface area contributed by atoms with Crippen LogP contribution in [0.5, 0.6) is 5.75 Å². The minimum absolute atomic E-state index is 0.337. The van der Waals surface area contributed by atoms with Gasteiger partial charge in [-0.1, -0.05) is 15.9 Å². The van der Waals surface area contributed by atoms with Gasteiger partial charge in [-0.2, -0.15) is 10.4 Å². The van der Waals surface area contributed by atoms with Crippen LogP contribution in [0.25, 0.3) is 0 Å². The van der Waals surface area contributed by atoms with Gasteiger partial charge in [-0.3, -0.25) is 5.43 Å². The molecular weight excluding hydrogens is 372 g/mol. The highest BCUT2D eigenvalue weighted by Gasteiger charge is 2.11. The number of methoxy groups -OCH3 is 2. The van der Waals surface area contributed by atoms with Gasteiger partial charge >= 0.3 is 0 Å². The van der Waals surface area contributed by atoms with Crippen LogP contribution in [0, 0.1) is 18.3 Å². The van der Waals surface area contributed by atoms with Crippen LogP contribution in [0.2, 0.25) is 0 Å². The number of rotatable bonds is 6. The monoisotopic (exact) mass is 388 g/mol. The summed E-state index contributed by atoms with van der Waals surface area (Å²) in [5.74, 6) is 1.09. The van der Waals surface area contributed by atoms with Crippen LogP contribution in [0.15, 0.2) is 33.8 Å². The number of pyridine rings is 1. The molecule has 1 N–H and O–H groups in total. The lowest BCUT2D eigenvalue weighted by Gasteiger charge is -2.09. The number of hydrogen-bond acceptors (Lipinski definition) is 6. The normalized spacial score (nSPS) is 10.6. The van der Waals surface area contributed by atoms with E-state index in [1.54, 1.807) is 20.4 Å². The van der Waals surface area contributed by atoms with E-state index in [4.69, 9.17) is 9.47 Å². The first kappa shape index (κ1) is 17.9. The number of aromatic nitrogens is 1. The number of halogens is 1. The minimum Gasteiger partial charge on any atom is -0.496 e. The fraction of sp³-hybridized carbons (Fsp3) is 0.235. The van der Waals surface area contributed by atoms with Crippen molar-refractivity contribution < 1.29 is 9.47 Å². The second kappa shape index (κ2) is 8.43. The van der Waals surface area contributed by atoms with Gasteiger partial charge in [-0.25, -0.2) is 4.98 Å². The predicted octanol–water partition coefficient (Wildman–Crippen LogP) is 3.63. The maximum Gasteiger partial charge on any atom is 0.164 e. The average Bonchev–Trinajstić information content (AvgIpc) is 2.55. The molecular formula is C17H17BrN4O2. The Morgan fingerprint density at radius 1 is 1.38 bits per heavy atom. The Hall–Kier alpha value is -2.43. The van der Waals surface area contributed by atoms with Crippen molar-refractivity contribution in [1.29, 1.82) is 5.26 Å². The van der Waals surface area contributed by atoms with Crippen molar-refractivity contribution in [2.24, 2.45) is 5.10 Å². The molecule has 0 saturated carbocycles. The number of hydrazone groups is 1. The average molecular weight is 389 g/mol. The van der Waals surface area contributed by atoms with E-state index < -0.39 is 0 Å². The molecule has 0 bridgehead atoms. The predicted molar refractivity (Wildman–Crippen MR) is 96.3 cm³/mol. The molecule has 2 aromatic rings. The van der Waals surface area contributed by atoms with E-state index in [1.807, 2.05) is 31.2 Å². The van der Waals surface area contributed by atoms with Crippen molar-refractivity contribution in [2.45, 2.75) is 13.5 Å². The van der Waals surface area contributed by atoms with Gasteiger partial charge in [-0.05, 0) is 31.2 Å². The number of ether oxygens (including phenoxy) is 2. The summed E-state index contributed by atoms with van der Waals surface area (Å²) < 4.78 is 11.3. The molecule has 0 unspecified atom stereocenters. The lowest BCUT2D eigenvalue weighted by molar-refractivity contribution is 0.184. The maximum atomic E-state index is 9.39. The highest BCUT2D eigenvalue weighted by atomic mass is 79.9. The van der Waals surface area contributed by atoms with E-state index in [-0.39, 0.29) is 0 Å². The summed E-state index contributed by atoms with van der Waals surface area (Å²) in [6, 6.07) is 9.58. The molecule has 7 heteroatoms. The van der Waals surface area contributed by atoms with Gasteiger partial charge in [0.15, 0.2) is 5.82 Å². The van der Waals surface area contributed by atoms with E-state index in [1.165, 1.54) is 0 Å². The minimum atomic E-state index is 0.337. The Labute approximate surface area is 149 Å². The van der Waals surface area contributed by atoms with Crippen molar-refractivity contribution >= 4 is 28.0 Å². The van der Waals surface area contributed by atoms with E-state index in [9.17, 15) is 5.26 Å². The lowest BCUT2D eigenvalue weighted by Crippen LogP contribution is -2.03. The summed E-state index contributed by atoms with van der Waals surface area (Å²) in [6.07, 6.45) is 1.62. The summed E-state index contributed by atoms with van der Waals surface area (Å²) in [4.78, 5) is 4.33. The molecule has 6 nitrogen and oxygen atoms in total. The number of hydrogen-bond donors (Lipinski definition) is 1. The third-order valence-electron chi connectivity index (χ3n) is 3.21. The zero-order valence-electron chi connectivity index (χ0n) is 13.6. The molecule has 1 heterocycles. The highest BCUT2D eigenvalue weighted by Crippen LogP contribution is 2.22. The largest absolute Gasteiger partial charge is 0.496 e. The third-order valence-corrected chi connectivity index (χ3v) is 3.70. The Morgan fingerprint density at radius 3 is 2.83 bits per heavy atom. The van der Waals surface area contributed by atoms with Gasteiger partial charge < -0.3 is 9.47 Å². The number of anilines is 1. The molecule has 0 aliphatic rings. The van der Waals surface area contributed by atoms with E-state index >= 15 is 0 Å². The van der Waals surface area contributed by atoms with Gasteiger partial charge in [0.25, 0.3) is 0 Å². The zero-order chi connectivity index (χ0) is 17.5. The molecule has 1 aromatic heterocycles. The molecule has 0 radical (unpaired) electrons. The molecule has 124 valence electrons. The SMILES string of the molecule is COCc1cc(C)nc(N/N=C\c2cc(Br)ccc2OC)c1C#N. The zero-order valence-corrected chi connectivity index (χ0v) is 15.2. The number of benzene rings is 1. The molecule has 2 rings (SSSR count). The number of nitrogens with zero attached hydrogens (tertiary/aromatic N) is 3. The van der Waals surface area contributed by atoms with Crippen molar-refractivity contribution in [3.8, 4) is 11.8 Å². The summed E-state index contributed by atoms with van der Waals surface area (Å²) in [6.45, 7) is 2.19. The second-order valence-corrected chi connectivity index (χ2v) is 5.86. The first-order valence-corrected chi connectivity index (χ1v) is 7.90. The number of nitriles is 1. The van der Waals surface area contributed by atoms with Crippen molar-refractivity contribution in [3.63, 3.8) is 0 Å². The first-order valence-electron chi connectivity index (χ1n) is 7.11. The summed E-state index contributed by atoms with van der Waals surface area (Å²) >= 11 is 3.41. The Balaban J connectivity index is 2.29. The molecule has 0 atom stereocenters. The van der Waals surface area contributed by atoms with Gasteiger partial charge in [-0.15, -0.1) is 0 Å². The van der Waals surface area contributed by atoms with Crippen LogP contribution in [0.3, 0.4) is 0 Å². The molecule has 0 aliphatic carbocycles. The Kier molecular flexibility index (Phi) is 6.29. The quantitative estimate of drug-likeness (QED) is 0.603. The van der Waals surface area contributed by atoms with Crippen LogP contribution < -0.4 is 10.2 Å². The van der Waals surface area contributed by atoms with Gasteiger partial charge in [0, 0.05) is 28.4 Å². The lowest BCUT2D eigenvalue weighted by atomic mass is 10.1. The van der Waals surface area contributed by atoms with Crippen molar-refractivity contribution in [1.82, 2.24) is 4.98 Å². The third kappa shape index (κ3) is 4.31. The van der Waals surface area contributed by atoms with Crippen LogP contribution in [-0.2, 0) is 11.3 Å². The summed E-state index contributed by atoms with van der Waals surface area (Å²) in [7, 11) is 3.18. The molecule has 0 aliphatic heterocycles. The summed E-state index contributed by atoms with van der Waals surface area (Å²) in [5, 5.41) is 13.6. The smallest absolute Gasteiger partial charge is 0.164 e. The van der Waals surface area contributed by atoms with Crippen LogP contribution in [-0.4, -0.2) is 25.4 Å². The van der Waals surface area contributed by atoms with Crippen LogP contribution in [0.1, 0.15) is 22.4 Å². The first-order chi connectivity index (χ1) is 11.6. The standard InChI is InChI=1S/C17H17BrN4O2/c1-11-6-13(10-23-2)15(8-19)17(21-11)22-20-9-12-7-14(18)4-5-16(12)24-3/h4-7,9H,10H2,1-3H3,(H,21,22)/b20-9-. The van der Waals surface area contributed by atoms with E-state index in [2.05, 4.69) is 37.5 Å². The Bertz CT molecular complexity index is 800. The van der Waals surface area contributed by atoms with Crippen LogP contribution in [0.4, 0.5) is 5.82 Å². The molecule has 24 heavy (non-hydrogen) atoms. The van der Waals surface area contributed by atoms with Crippen molar-refractivity contribution in [2.75, 3.05) is 19.6 Å². The molecule has 1 aromatic carbocycles. The van der Waals surface area contributed by atoms with Gasteiger partial charge in [0.05, 0.1) is 19.9 Å². The van der Waals surface area contributed by atoms with Gasteiger partial charge in [0.1, 0.15) is 17.4 Å². The van der Waals surface area contributed by atoms with Gasteiger partial charge in [0.2, 0.25) is 0 Å². The molecule has 0 spiro atoms. The summed E-state index contributed by atoms with van der Waals surface area (Å²) in [5.41, 5.74) is 5.59. The van der Waals surface area contributed by atoms with Crippen molar-refractivity contribution in [3.05, 3.63) is 51.1 Å². The topological polar surface area (TPSA) is 79.5 Å². The van der Waals surface area contributed by atoms with E-state index in [0.717, 1.165) is 21.3 Å². The Morgan fingerprint density at radius 2 is 2.17 bits per heavy atom. The number of aryl methyl sites for hydroxylation is 1. The molecule has 0 saturated heterocycles.